The summed E-state index contributed by atoms with van der Waals surface area (Å²) in [6.07, 6.45) is 2.59. The molecule has 0 fully saturated rings. The number of halogens is 1. The maximum atomic E-state index is 14.6. The summed E-state index contributed by atoms with van der Waals surface area (Å²) in [6.45, 7) is 1.87. The number of carbonyl (C=O) groups is 1. The van der Waals surface area contributed by atoms with Gasteiger partial charge in [-0.3, -0.25) is 4.79 Å². The summed E-state index contributed by atoms with van der Waals surface area (Å²) in [6, 6.07) is 5.16. The third-order valence-electron chi connectivity index (χ3n) is 6.84. The predicted octanol–water partition coefficient (Wildman–Crippen LogP) is 2.71. The van der Waals surface area contributed by atoms with Crippen LogP contribution in [-0.2, 0) is 41.1 Å². The Morgan fingerprint density at radius 3 is 2.80 bits per heavy atom. The number of aromatic nitrogens is 2. The molecular formula is C23H19FN2O4. The van der Waals surface area contributed by atoms with Crippen LogP contribution in [-0.4, -0.2) is 20.6 Å². The highest BCUT2D eigenvalue weighted by Crippen LogP contribution is 2.40. The number of aryl methyl sites for hydroxylation is 1. The van der Waals surface area contributed by atoms with Crippen LogP contribution in [0.1, 0.15) is 47.6 Å². The van der Waals surface area contributed by atoms with Crippen LogP contribution < -0.4 is 5.56 Å². The standard InChI is InChI=1S/C23H19FN2O4/c1-2-23(29)16-7-19-20-11(9-26(19)21(27)15(16)10-30-22(23)28)6-14-12-4-3-5-13(12)17(24)8-18(14)25-20/h6-8,29H,2-5,9-10H2,1H3/t23-/m0/s1. The monoisotopic (exact) mass is 406 g/mol. The van der Waals surface area contributed by atoms with Crippen LogP contribution in [0, 0.1) is 5.82 Å². The van der Waals surface area contributed by atoms with Crippen LogP contribution in [0.5, 0.6) is 0 Å². The average molecular weight is 406 g/mol. The van der Waals surface area contributed by atoms with Crippen molar-refractivity contribution in [3.63, 3.8) is 0 Å². The number of benzene rings is 1. The number of rotatable bonds is 1. The first-order valence-electron chi connectivity index (χ1n) is 10.2. The summed E-state index contributed by atoms with van der Waals surface area (Å²) in [5, 5.41) is 11.9. The molecule has 6 rings (SSSR count). The number of aliphatic hydroxyl groups is 1. The zero-order chi connectivity index (χ0) is 20.8. The third-order valence-corrected chi connectivity index (χ3v) is 6.84. The molecule has 1 atom stereocenters. The summed E-state index contributed by atoms with van der Waals surface area (Å²) >= 11 is 0. The van der Waals surface area contributed by atoms with Crippen molar-refractivity contribution in [1.29, 1.82) is 0 Å². The number of esters is 1. The van der Waals surface area contributed by atoms with E-state index in [9.17, 15) is 19.1 Å². The van der Waals surface area contributed by atoms with E-state index in [1.54, 1.807) is 17.6 Å². The molecule has 0 bridgehead atoms. The highest BCUT2D eigenvalue weighted by atomic mass is 19.1. The Bertz CT molecular complexity index is 1360. The zero-order valence-corrected chi connectivity index (χ0v) is 16.4. The Kier molecular flexibility index (Phi) is 3.41. The second kappa shape index (κ2) is 5.76. The van der Waals surface area contributed by atoms with Gasteiger partial charge in [-0.15, -0.1) is 0 Å². The van der Waals surface area contributed by atoms with Crippen LogP contribution in [0.4, 0.5) is 4.39 Å². The van der Waals surface area contributed by atoms with E-state index in [0.29, 0.717) is 29.0 Å². The quantitative estimate of drug-likeness (QED) is 0.492. The number of cyclic esters (lactones) is 1. The van der Waals surface area contributed by atoms with Gasteiger partial charge in [0.1, 0.15) is 12.4 Å². The number of ether oxygens (including phenoxy) is 1. The van der Waals surface area contributed by atoms with Gasteiger partial charge in [0.15, 0.2) is 5.60 Å². The lowest BCUT2D eigenvalue weighted by Crippen LogP contribution is -2.44. The summed E-state index contributed by atoms with van der Waals surface area (Å²) < 4.78 is 21.3. The first-order chi connectivity index (χ1) is 14.4. The normalized spacial score (nSPS) is 21.2. The van der Waals surface area contributed by atoms with Crippen LogP contribution in [0.25, 0.3) is 22.3 Å². The second-order valence-electron chi connectivity index (χ2n) is 8.33. The maximum Gasteiger partial charge on any atom is 0.343 e. The SMILES string of the molecule is CC[C@@]1(O)C(=O)OCc2c1cc1n(c2=O)Cc2cc3c4c(c(F)cc3nc2-1)CCC4. The Hall–Kier alpha value is -3.06. The summed E-state index contributed by atoms with van der Waals surface area (Å²) in [7, 11) is 0. The number of hydrogen-bond acceptors (Lipinski definition) is 5. The highest BCUT2D eigenvalue weighted by Gasteiger charge is 2.45. The Labute approximate surface area is 170 Å². The van der Waals surface area contributed by atoms with Crippen molar-refractivity contribution in [2.45, 2.75) is 51.4 Å². The lowest BCUT2D eigenvalue weighted by molar-refractivity contribution is -0.172. The lowest BCUT2D eigenvalue weighted by Gasteiger charge is -2.31. The van der Waals surface area contributed by atoms with Crippen molar-refractivity contribution in [3.8, 4) is 11.4 Å². The lowest BCUT2D eigenvalue weighted by atomic mass is 9.86. The molecule has 0 unspecified atom stereocenters. The minimum atomic E-state index is -1.85. The first-order valence-corrected chi connectivity index (χ1v) is 10.2. The molecule has 30 heavy (non-hydrogen) atoms. The number of nitrogens with zero attached hydrogens (tertiary/aromatic N) is 2. The first kappa shape index (κ1) is 17.8. The summed E-state index contributed by atoms with van der Waals surface area (Å²) in [4.78, 5) is 30.2. The van der Waals surface area contributed by atoms with Gasteiger partial charge in [0, 0.05) is 22.6 Å². The molecule has 1 N–H and O–H groups in total. The van der Waals surface area contributed by atoms with Gasteiger partial charge in [-0.05, 0) is 48.9 Å². The second-order valence-corrected chi connectivity index (χ2v) is 8.33. The van der Waals surface area contributed by atoms with Gasteiger partial charge in [-0.1, -0.05) is 6.92 Å². The highest BCUT2D eigenvalue weighted by molar-refractivity contribution is 5.89. The van der Waals surface area contributed by atoms with Gasteiger partial charge in [0.25, 0.3) is 5.56 Å². The van der Waals surface area contributed by atoms with Crippen LogP contribution in [0.3, 0.4) is 0 Å². The molecule has 0 radical (unpaired) electrons. The molecule has 3 aliphatic rings. The third kappa shape index (κ3) is 2.08. The van der Waals surface area contributed by atoms with E-state index < -0.39 is 11.6 Å². The summed E-state index contributed by atoms with van der Waals surface area (Å²) in [5.74, 6) is -0.976. The molecule has 7 heteroatoms. The van der Waals surface area contributed by atoms with Gasteiger partial charge >= 0.3 is 5.97 Å². The molecule has 1 aliphatic carbocycles. The Morgan fingerprint density at radius 2 is 2.00 bits per heavy atom. The topological polar surface area (TPSA) is 81.4 Å². The number of carbonyl (C=O) groups excluding carboxylic acids is 1. The molecule has 0 spiro atoms. The van der Waals surface area contributed by atoms with Crippen molar-refractivity contribution < 1.29 is 19.0 Å². The number of fused-ring (bicyclic) bond motifs is 7. The molecule has 2 aromatic heterocycles. The fourth-order valence-electron chi connectivity index (χ4n) is 5.20. The minimum Gasteiger partial charge on any atom is -0.458 e. The fourth-order valence-corrected chi connectivity index (χ4v) is 5.20. The predicted molar refractivity (Wildman–Crippen MR) is 107 cm³/mol. The smallest absolute Gasteiger partial charge is 0.343 e. The van der Waals surface area contributed by atoms with E-state index in [4.69, 9.17) is 9.72 Å². The van der Waals surface area contributed by atoms with Gasteiger partial charge in [-0.25, -0.2) is 14.2 Å². The largest absolute Gasteiger partial charge is 0.458 e. The fraction of sp³-hybridized carbons (Fsp3) is 0.348. The maximum absolute atomic E-state index is 14.6. The van der Waals surface area contributed by atoms with Crippen LogP contribution in [0.15, 0.2) is 23.0 Å². The van der Waals surface area contributed by atoms with E-state index >= 15 is 0 Å². The van der Waals surface area contributed by atoms with Crippen molar-refractivity contribution in [2.75, 3.05) is 0 Å². The molecule has 152 valence electrons. The minimum absolute atomic E-state index is 0.0943. The molecule has 0 saturated carbocycles. The van der Waals surface area contributed by atoms with Gasteiger partial charge < -0.3 is 14.4 Å². The Balaban J connectivity index is 1.62. The van der Waals surface area contributed by atoms with Crippen molar-refractivity contribution in [2.24, 2.45) is 0 Å². The van der Waals surface area contributed by atoms with Gasteiger partial charge in [0.05, 0.1) is 29.0 Å². The number of pyridine rings is 2. The molecule has 0 amide bonds. The molecule has 1 aromatic carbocycles. The van der Waals surface area contributed by atoms with E-state index in [2.05, 4.69) is 0 Å². The molecule has 4 heterocycles. The van der Waals surface area contributed by atoms with Crippen molar-refractivity contribution in [1.82, 2.24) is 9.55 Å². The van der Waals surface area contributed by atoms with E-state index in [-0.39, 0.29) is 30.0 Å². The molecule has 3 aromatic rings. The Morgan fingerprint density at radius 1 is 1.20 bits per heavy atom. The molecule has 0 saturated heterocycles. The van der Waals surface area contributed by atoms with Crippen molar-refractivity contribution in [3.05, 3.63) is 62.2 Å². The molecule has 6 nitrogen and oxygen atoms in total. The van der Waals surface area contributed by atoms with E-state index in [0.717, 1.165) is 41.3 Å². The molecular weight excluding hydrogens is 387 g/mol. The van der Waals surface area contributed by atoms with Crippen molar-refractivity contribution >= 4 is 16.9 Å². The van der Waals surface area contributed by atoms with Crippen LogP contribution >= 0.6 is 0 Å². The number of hydrogen-bond donors (Lipinski definition) is 1. The van der Waals surface area contributed by atoms with Gasteiger partial charge in [-0.2, -0.15) is 0 Å². The summed E-state index contributed by atoms with van der Waals surface area (Å²) in [5.41, 5.74) is 2.81. The van der Waals surface area contributed by atoms with E-state index in [1.807, 2.05) is 6.07 Å². The average Bonchev–Trinajstić information content (AvgIpc) is 3.36. The van der Waals surface area contributed by atoms with Gasteiger partial charge in [0.2, 0.25) is 0 Å². The van der Waals surface area contributed by atoms with Crippen LogP contribution in [0.2, 0.25) is 0 Å². The molecule has 2 aliphatic heterocycles. The van der Waals surface area contributed by atoms with E-state index in [1.165, 1.54) is 6.07 Å². The zero-order valence-electron chi connectivity index (χ0n) is 16.4.